The van der Waals surface area contributed by atoms with Gasteiger partial charge >= 0.3 is 6.09 Å². The fraction of sp³-hybridized carbons (Fsp3) is 0.667. The lowest BCUT2D eigenvalue weighted by atomic mass is 10.1. The van der Waals surface area contributed by atoms with Crippen molar-refractivity contribution in [3.8, 4) is 0 Å². The maximum Gasteiger partial charge on any atom is 0.407 e. The predicted octanol–water partition coefficient (Wildman–Crippen LogP) is 2.09. The van der Waals surface area contributed by atoms with Crippen LogP contribution in [0.1, 0.15) is 33.6 Å². The second kappa shape index (κ2) is 7.69. The van der Waals surface area contributed by atoms with Gasteiger partial charge in [-0.3, -0.25) is 0 Å². The molecule has 5 heteroatoms. The van der Waals surface area contributed by atoms with E-state index in [0.29, 0.717) is 12.8 Å². The van der Waals surface area contributed by atoms with Gasteiger partial charge in [0.05, 0.1) is 19.2 Å². The van der Waals surface area contributed by atoms with E-state index in [1.54, 1.807) is 26.8 Å². The lowest BCUT2D eigenvalue weighted by Crippen LogP contribution is -2.40. The summed E-state index contributed by atoms with van der Waals surface area (Å²) in [7, 11) is 0. The van der Waals surface area contributed by atoms with Crippen LogP contribution in [0, 0.1) is 6.57 Å². The van der Waals surface area contributed by atoms with Crippen LogP contribution in [0.3, 0.4) is 0 Å². The summed E-state index contributed by atoms with van der Waals surface area (Å²) in [5, 5.41) is 11.7. The molecule has 17 heavy (non-hydrogen) atoms. The van der Waals surface area contributed by atoms with E-state index >= 15 is 0 Å². The first kappa shape index (κ1) is 15.5. The summed E-state index contributed by atoms with van der Waals surface area (Å²) in [4.78, 5) is 14.5. The average molecular weight is 240 g/mol. The van der Waals surface area contributed by atoms with E-state index in [4.69, 9.17) is 16.4 Å². The Hall–Kier alpha value is -1.54. The molecule has 96 valence electrons. The third-order valence-electron chi connectivity index (χ3n) is 1.80. The number of amides is 1. The van der Waals surface area contributed by atoms with Gasteiger partial charge in [-0.05, 0) is 33.6 Å². The highest BCUT2D eigenvalue weighted by Gasteiger charge is 2.18. The van der Waals surface area contributed by atoms with Crippen LogP contribution in [-0.4, -0.2) is 29.4 Å². The van der Waals surface area contributed by atoms with Crippen LogP contribution in [0.15, 0.2) is 12.3 Å². The zero-order valence-electron chi connectivity index (χ0n) is 10.6. The van der Waals surface area contributed by atoms with E-state index in [-0.39, 0.29) is 12.6 Å². The first-order valence-corrected chi connectivity index (χ1v) is 5.51. The Labute approximate surface area is 102 Å². The van der Waals surface area contributed by atoms with Crippen molar-refractivity contribution in [2.24, 2.45) is 0 Å². The van der Waals surface area contributed by atoms with Gasteiger partial charge in [-0.25, -0.2) is 9.64 Å². The third-order valence-corrected chi connectivity index (χ3v) is 1.80. The maximum absolute atomic E-state index is 11.4. The molecule has 0 heterocycles. The molecule has 0 unspecified atom stereocenters. The minimum Gasteiger partial charge on any atom is -0.444 e. The van der Waals surface area contributed by atoms with Gasteiger partial charge in [0.25, 0.3) is 0 Å². The van der Waals surface area contributed by atoms with Gasteiger partial charge in [-0.15, -0.1) is 0 Å². The molecule has 1 atom stereocenters. The van der Waals surface area contributed by atoms with Crippen LogP contribution in [0.4, 0.5) is 4.79 Å². The van der Waals surface area contributed by atoms with Gasteiger partial charge in [-0.1, -0.05) is 6.08 Å². The lowest BCUT2D eigenvalue weighted by Gasteiger charge is -2.22. The third kappa shape index (κ3) is 9.39. The number of ether oxygens (including phenoxy) is 1. The van der Waals surface area contributed by atoms with Crippen molar-refractivity contribution < 1.29 is 14.6 Å². The van der Waals surface area contributed by atoms with Crippen LogP contribution in [0.25, 0.3) is 4.85 Å². The Kier molecular flexibility index (Phi) is 6.99. The Morgan fingerprint density at radius 3 is 2.71 bits per heavy atom. The molecule has 0 aliphatic heterocycles. The Balaban J connectivity index is 4.01. The van der Waals surface area contributed by atoms with E-state index in [9.17, 15) is 4.79 Å². The minimum atomic E-state index is -0.548. The van der Waals surface area contributed by atoms with Crippen molar-refractivity contribution >= 4 is 6.09 Å². The predicted molar refractivity (Wildman–Crippen MR) is 65.2 cm³/mol. The van der Waals surface area contributed by atoms with Crippen molar-refractivity contribution in [2.45, 2.75) is 45.3 Å². The Morgan fingerprint density at radius 2 is 2.24 bits per heavy atom. The number of carbonyl (C=O) groups excluding carboxylic acids is 1. The molecular formula is C12H20N2O3. The average Bonchev–Trinajstić information content (AvgIpc) is 2.20. The van der Waals surface area contributed by atoms with E-state index in [1.807, 2.05) is 0 Å². The minimum absolute atomic E-state index is 0.148. The highest BCUT2D eigenvalue weighted by atomic mass is 16.6. The number of allylic oxidation sites excluding steroid dienone is 1. The van der Waals surface area contributed by atoms with Crippen LogP contribution in [0.2, 0.25) is 0 Å². The number of carbonyl (C=O) groups is 1. The largest absolute Gasteiger partial charge is 0.444 e. The van der Waals surface area contributed by atoms with Crippen LogP contribution in [0.5, 0.6) is 0 Å². The SMILES string of the molecule is [C-]#[N+]C=CCC[C@@H](CO)NC(=O)OC(C)(C)C. The van der Waals surface area contributed by atoms with Crippen LogP contribution < -0.4 is 5.32 Å². The van der Waals surface area contributed by atoms with Crippen molar-refractivity contribution in [1.29, 1.82) is 0 Å². The fourth-order valence-corrected chi connectivity index (χ4v) is 1.11. The Morgan fingerprint density at radius 1 is 1.59 bits per heavy atom. The normalized spacial score (nSPS) is 13.1. The summed E-state index contributed by atoms with van der Waals surface area (Å²) in [5.41, 5.74) is -0.548. The van der Waals surface area contributed by atoms with Crippen molar-refractivity contribution in [1.82, 2.24) is 5.32 Å². The highest BCUT2D eigenvalue weighted by molar-refractivity contribution is 5.68. The number of nitrogens with zero attached hydrogens (tertiary/aromatic N) is 1. The molecule has 0 aliphatic rings. The van der Waals surface area contributed by atoms with Gasteiger partial charge in [-0.2, -0.15) is 0 Å². The van der Waals surface area contributed by atoms with Crippen molar-refractivity contribution in [3.05, 3.63) is 23.7 Å². The topological polar surface area (TPSA) is 62.9 Å². The van der Waals surface area contributed by atoms with Crippen molar-refractivity contribution in [3.63, 3.8) is 0 Å². The Bertz CT molecular complexity index is 300. The molecule has 1 amide bonds. The second-order valence-electron chi connectivity index (χ2n) is 4.62. The number of rotatable bonds is 5. The molecule has 0 saturated carbocycles. The first-order chi connectivity index (χ1) is 7.89. The molecule has 0 spiro atoms. The number of aliphatic hydroxyl groups excluding tert-OH is 1. The summed E-state index contributed by atoms with van der Waals surface area (Å²) in [6.45, 7) is 11.7. The van der Waals surface area contributed by atoms with E-state index in [1.165, 1.54) is 6.20 Å². The second-order valence-corrected chi connectivity index (χ2v) is 4.62. The lowest BCUT2D eigenvalue weighted by molar-refractivity contribution is 0.0479. The first-order valence-electron chi connectivity index (χ1n) is 5.51. The summed E-state index contributed by atoms with van der Waals surface area (Å²) in [6, 6.07) is -0.347. The monoisotopic (exact) mass is 240 g/mol. The summed E-state index contributed by atoms with van der Waals surface area (Å²) in [6.07, 6.45) is 3.73. The molecular weight excluding hydrogens is 220 g/mol. The summed E-state index contributed by atoms with van der Waals surface area (Å²) < 4.78 is 5.07. The zero-order chi connectivity index (χ0) is 13.3. The molecule has 0 saturated heterocycles. The zero-order valence-corrected chi connectivity index (χ0v) is 10.6. The van der Waals surface area contributed by atoms with E-state index in [2.05, 4.69) is 10.2 Å². The smallest absolute Gasteiger partial charge is 0.407 e. The van der Waals surface area contributed by atoms with Gasteiger partial charge in [0.2, 0.25) is 0 Å². The molecule has 0 bridgehead atoms. The highest BCUT2D eigenvalue weighted by Crippen LogP contribution is 2.07. The molecule has 0 aromatic heterocycles. The molecule has 0 radical (unpaired) electrons. The number of hydrogen-bond donors (Lipinski definition) is 2. The molecule has 5 nitrogen and oxygen atoms in total. The number of hydrogen-bond acceptors (Lipinski definition) is 3. The number of nitrogens with one attached hydrogen (secondary N) is 1. The molecule has 2 N–H and O–H groups in total. The van der Waals surface area contributed by atoms with E-state index < -0.39 is 11.7 Å². The molecule has 0 aromatic carbocycles. The standard InChI is InChI=1S/C12H20N2O3/c1-12(2,3)17-11(16)14-10(9-15)7-5-6-8-13-4/h6,8,10,15H,5,7,9H2,1-3H3,(H,14,16)/t10-/m0/s1. The number of aliphatic hydroxyl groups is 1. The van der Waals surface area contributed by atoms with E-state index in [0.717, 1.165) is 0 Å². The van der Waals surface area contributed by atoms with Gasteiger partial charge in [0.15, 0.2) is 0 Å². The quantitative estimate of drug-likeness (QED) is 0.723. The van der Waals surface area contributed by atoms with Crippen LogP contribution in [-0.2, 0) is 4.74 Å². The molecule has 0 aromatic rings. The van der Waals surface area contributed by atoms with Gasteiger partial charge < -0.3 is 15.2 Å². The molecule has 0 fully saturated rings. The van der Waals surface area contributed by atoms with Gasteiger partial charge in [0.1, 0.15) is 11.8 Å². The molecule has 0 aliphatic carbocycles. The summed E-state index contributed by atoms with van der Waals surface area (Å²) >= 11 is 0. The fourth-order valence-electron chi connectivity index (χ4n) is 1.11. The van der Waals surface area contributed by atoms with Crippen LogP contribution >= 0.6 is 0 Å². The maximum atomic E-state index is 11.4. The number of alkyl carbamates (subject to hydrolysis) is 1. The van der Waals surface area contributed by atoms with Gasteiger partial charge in [0, 0.05) is 0 Å². The molecule has 0 rings (SSSR count). The van der Waals surface area contributed by atoms with Crippen molar-refractivity contribution in [2.75, 3.05) is 6.61 Å². The summed E-state index contributed by atoms with van der Waals surface area (Å²) in [5.74, 6) is 0.